The number of halogens is 2. The Labute approximate surface area is 200 Å². The summed E-state index contributed by atoms with van der Waals surface area (Å²) in [4.78, 5) is 18.3. The molecule has 1 unspecified atom stereocenters. The van der Waals surface area contributed by atoms with E-state index >= 15 is 0 Å². The van der Waals surface area contributed by atoms with Crippen molar-refractivity contribution in [2.75, 3.05) is 12.8 Å². The average molecular weight is 479 g/mol. The van der Waals surface area contributed by atoms with Gasteiger partial charge >= 0.3 is 0 Å². The molecule has 5 aromatic rings. The highest BCUT2D eigenvalue weighted by Gasteiger charge is 2.20. The van der Waals surface area contributed by atoms with Crippen LogP contribution in [0.4, 0.5) is 5.82 Å². The summed E-state index contributed by atoms with van der Waals surface area (Å²) in [7, 11) is 1.65. The maximum atomic E-state index is 6.46. The van der Waals surface area contributed by atoms with E-state index < -0.39 is 0 Å². The lowest BCUT2D eigenvalue weighted by atomic mass is 10.0. The summed E-state index contributed by atoms with van der Waals surface area (Å²) in [6.45, 7) is 2.56. The van der Waals surface area contributed by atoms with E-state index in [2.05, 4.69) is 15.0 Å². The van der Waals surface area contributed by atoms with E-state index in [4.69, 9.17) is 38.7 Å². The van der Waals surface area contributed by atoms with E-state index in [1.54, 1.807) is 19.5 Å². The number of hydrogen-bond donors (Lipinski definition) is 1. The molecule has 0 aliphatic rings. The number of rotatable bonds is 5. The number of ether oxygens (including phenoxy) is 1. The van der Waals surface area contributed by atoms with Crippen LogP contribution in [0.3, 0.4) is 0 Å². The minimum absolute atomic E-state index is 0.248. The van der Waals surface area contributed by atoms with Crippen LogP contribution in [0.15, 0.2) is 54.9 Å². The smallest absolute Gasteiger partial charge is 0.166 e. The Bertz CT molecular complexity index is 1480. The Morgan fingerprint density at radius 3 is 2.61 bits per heavy atom. The predicted octanol–water partition coefficient (Wildman–Crippen LogP) is 5.47. The molecule has 0 fully saturated rings. The zero-order valence-corrected chi connectivity index (χ0v) is 19.5. The van der Waals surface area contributed by atoms with Gasteiger partial charge in [0, 0.05) is 5.39 Å². The number of hydrogen-bond acceptors (Lipinski definition) is 6. The summed E-state index contributed by atoms with van der Waals surface area (Å²) in [5.74, 6) is 1.42. The third-order valence-electron chi connectivity index (χ3n) is 5.63. The fourth-order valence-electron chi connectivity index (χ4n) is 3.81. The normalized spacial score (nSPS) is 12.4. The second-order valence-corrected chi connectivity index (χ2v) is 8.52. The molecule has 0 spiro atoms. The van der Waals surface area contributed by atoms with Gasteiger partial charge in [0.25, 0.3) is 0 Å². The number of nitrogens with two attached hydrogens (primary N) is 1. The van der Waals surface area contributed by atoms with Crippen LogP contribution in [0, 0.1) is 0 Å². The van der Waals surface area contributed by atoms with E-state index in [0.29, 0.717) is 39.5 Å². The first-order valence-corrected chi connectivity index (χ1v) is 11.1. The largest absolute Gasteiger partial charge is 0.497 e. The van der Waals surface area contributed by atoms with Crippen LogP contribution in [0.1, 0.15) is 29.9 Å². The molecule has 0 aliphatic heterocycles. The number of aromatic nitrogens is 5. The van der Waals surface area contributed by atoms with Gasteiger partial charge in [-0.1, -0.05) is 47.5 Å². The van der Waals surface area contributed by atoms with Gasteiger partial charge in [0.2, 0.25) is 0 Å². The van der Waals surface area contributed by atoms with Crippen LogP contribution >= 0.6 is 23.2 Å². The zero-order valence-electron chi connectivity index (χ0n) is 18.0. The van der Waals surface area contributed by atoms with Crippen molar-refractivity contribution in [2.45, 2.75) is 19.4 Å². The quantitative estimate of drug-likeness (QED) is 0.336. The summed E-state index contributed by atoms with van der Waals surface area (Å²) in [5.41, 5.74) is 9.29. The van der Waals surface area contributed by atoms with Crippen molar-refractivity contribution in [3.8, 4) is 5.75 Å². The van der Waals surface area contributed by atoms with Gasteiger partial charge in [-0.25, -0.2) is 19.9 Å². The van der Waals surface area contributed by atoms with Gasteiger partial charge in [0.1, 0.15) is 22.2 Å². The maximum Gasteiger partial charge on any atom is 0.166 e. The number of pyridine rings is 1. The Balaban J connectivity index is 1.54. The summed E-state index contributed by atoms with van der Waals surface area (Å²) in [5, 5.41) is 2.54. The minimum atomic E-state index is -0.248. The van der Waals surface area contributed by atoms with Crippen molar-refractivity contribution in [2.24, 2.45) is 0 Å². The first-order valence-electron chi connectivity index (χ1n) is 10.3. The molecule has 9 heteroatoms. The van der Waals surface area contributed by atoms with Crippen molar-refractivity contribution < 1.29 is 4.74 Å². The van der Waals surface area contributed by atoms with Crippen molar-refractivity contribution in [3.63, 3.8) is 0 Å². The highest BCUT2D eigenvalue weighted by atomic mass is 35.5. The Hall–Kier alpha value is -3.42. The Morgan fingerprint density at radius 2 is 1.85 bits per heavy atom. The number of nitrogens with zero attached hydrogens (tertiary/aromatic N) is 5. The topological polar surface area (TPSA) is 91.7 Å². The van der Waals surface area contributed by atoms with Crippen LogP contribution < -0.4 is 10.5 Å². The number of fused-ring (bicyclic) bond motifs is 2. The fraction of sp³-hybridized carbons (Fsp3) is 0.167. The second kappa shape index (κ2) is 8.50. The van der Waals surface area contributed by atoms with Crippen LogP contribution in [0.25, 0.3) is 21.9 Å². The van der Waals surface area contributed by atoms with E-state index in [1.165, 1.54) is 0 Å². The second-order valence-electron chi connectivity index (χ2n) is 7.76. The van der Waals surface area contributed by atoms with Gasteiger partial charge in [-0.15, -0.1) is 0 Å². The molecular weight excluding hydrogens is 459 g/mol. The number of benzene rings is 2. The summed E-state index contributed by atoms with van der Waals surface area (Å²) < 4.78 is 7.19. The van der Waals surface area contributed by atoms with Gasteiger partial charge in [-0.05, 0) is 42.1 Å². The van der Waals surface area contributed by atoms with Crippen molar-refractivity contribution in [3.05, 3.63) is 82.1 Å². The van der Waals surface area contributed by atoms with Gasteiger partial charge in [0.15, 0.2) is 11.5 Å². The van der Waals surface area contributed by atoms with Gasteiger partial charge in [-0.2, -0.15) is 0 Å². The standard InChI is InChI=1S/C24H20Cl2N6O/c1-13(18-10-15-4-3-5-17(25)19(15)21(26)29-18)23-30-22(27)20-24(31-23)32(12-28-20)11-14-6-8-16(33-2)9-7-14/h3-10,12-13H,11H2,1-2H3,(H2,27,30,31). The molecule has 2 aromatic carbocycles. The predicted molar refractivity (Wildman–Crippen MR) is 131 cm³/mol. The molecule has 2 N–H and O–H groups in total. The van der Waals surface area contributed by atoms with Crippen molar-refractivity contribution >= 4 is 51.0 Å². The SMILES string of the molecule is COc1ccc(Cn2cnc3c(N)nc(C(C)c4cc5cccc(Cl)c5c(Cl)n4)nc32)cc1. The molecule has 7 nitrogen and oxygen atoms in total. The molecular formula is C24H20Cl2N6O. The maximum absolute atomic E-state index is 6.46. The fourth-order valence-corrected chi connectivity index (χ4v) is 4.44. The van der Waals surface area contributed by atoms with Gasteiger partial charge in [-0.3, -0.25) is 0 Å². The number of imidazole rings is 1. The highest BCUT2D eigenvalue weighted by Crippen LogP contribution is 2.33. The van der Waals surface area contributed by atoms with Crippen LogP contribution in [0.2, 0.25) is 10.2 Å². The van der Waals surface area contributed by atoms with E-state index in [-0.39, 0.29) is 5.92 Å². The third kappa shape index (κ3) is 3.94. The monoisotopic (exact) mass is 478 g/mol. The minimum Gasteiger partial charge on any atom is -0.497 e. The lowest BCUT2D eigenvalue weighted by molar-refractivity contribution is 0.414. The average Bonchev–Trinajstić information content (AvgIpc) is 3.22. The lowest BCUT2D eigenvalue weighted by Gasteiger charge is -2.13. The van der Waals surface area contributed by atoms with E-state index in [9.17, 15) is 0 Å². The van der Waals surface area contributed by atoms with Crippen molar-refractivity contribution in [1.29, 1.82) is 0 Å². The molecule has 0 bridgehead atoms. The molecule has 1 atom stereocenters. The van der Waals surface area contributed by atoms with Crippen LogP contribution in [0.5, 0.6) is 5.75 Å². The lowest BCUT2D eigenvalue weighted by Crippen LogP contribution is -2.09. The molecule has 0 saturated carbocycles. The van der Waals surface area contributed by atoms with Crippen molar-refractivity contribution in [1.82, 2.24) is 24.5 Å². The van der Waals surface area contributed by atoms with Crippen LogP contribution in [-0.2, 0) is 6.54 Å². The third-order valence-corrected chi connectivity index (χ3v) is 6.22. The molecule has 3 aromatic heterocycles. The Kier molecular flexibility index (Phi) is 5.52. The number of nitrogen functional groups attached to an aromatic ring is 1. The first-order chi connectivity index (χ1) is 15.9. The molecule has 5 rings (SSSR count). The molecule has 33 heavy (non-hydrogen) atoms. The van der Waals surface area contributed by atoms with E-state index in [1.807, 2.05) is 54.0 Å². The highest BCUT2D eigenvalue weighted by molar-refractivity contribution is 6.41. The molecule has 0 saturated heterocycles. The number of methoxy groups -OCH3 is 1. The molecule has 0 radical (unpaired) electrons. The first kappa shape index (κ1) is 21.4. The molecule has 0 aliphatic carbocycles. The van der Waals surface area contributed by atoms with Gasteiger partial charge in [0.05, 0.1) is 36.6 Å². The Morgan fingerprint density at radius 1 is 1.06 bits per heavy atom. The number of anilines is 1. The summed E-state index contributed by atoms with van der Waals surface area (Å²) in [6, 6.07) is 15.4. The molecule has 0 amide bonds. The molecule has 3 heterocycles. The van der Waals surface area contributed by atoms with Gasteiger partial charge < -0.3 is 15.0 Å². The van der Waals surface area contributed by atoms with E-state index in [0.717, 1.165) is 27.8 Å². The summed E-state index contributed by atoms with van der Waals surface area (Å²) in [6.07, 6.45) is 1.72. The summed E-state index contributed by atoms with van der Waals surface area (Å²) >= 11 is 12.8. The zero-order chi connectivity index (χ0) is 23.1. The molecule has 166 valence electrons. The van der Waals surface area contributed by atoms with Crippen LogP contribution in [-0.4, -0.2) is 31.6 Å².